The van der Waals surface area contributed by atoms with Crippen LogP contribution < -0.4 is 5.32 Å². The van der Waals surface area contributed by atoms with Crippen LogP contribution in [0, 0.1) is 0 Å². The standard InChI is InChI=1S/C14H27N3/c1-4-17(5-2)11-7-8-13(3)16-12-14-9-6-10-15-14/h6,9-10,13,15-16H,4-5,7-8,11-12H2,1-3H3. The molecule has 2 N–H and O–H groups in total. The molecule has 0 aromatic carbocycles. The Morgan fingerprint density at radius 3 is 2.71 bits per heavy atom. The summed E-state index contributed by atoms with van der Waals surface area (Å²) in [7, 11) is 0. The maximum Gasteiger partial charge on any atom is 0.0359 e. The third-order valence-corrected chi connectivity index (χ3v) is 3.31. The highest BCUT2D eigenvalue weighted by Crippen LogP contribution is 2.01. The van der Waals surface area contributed by atoms with E-state index in [2.05, 4.69) is 42.0 Å². The number of rotatable bonds is 9. The average Bonchev–Trinajstić information content (AvgIpc) is 2.85. The van der Waals surface area contributed by atoms with Crippen molar-refractivity contribution in [2.45, 2.75) is 46.2 Å². The van der Waals surface area contributed by atoms with Gasteiger partial charge in [0.15, 0.2) is 0 Å². The van der Waals surface area contributed by atoms with Crippen LogP contribution in [0.1, 0.15) is 39.3 Å². The van der Waals surface area contributed by atoms with Crippen molar-refractivity contribution >= 4 is 0 Å². The number of H-pyrrole nitrogens is 1. The van der Waals surface area contributed by atoms with Crippen molar-refractivity contribution in [3.8, 4) is 0 Å². The van der Waals surface area contributed by atoms with Gasteiger partial charge in [0, 0.05) is 24.5 Å². The minimum Gasteiger partial charge on any atom is -0.364 e. The Labute approximate surface area is 106 Å². The molecule has 1 rings (SSSR count). The minimum atomic E-state index is 0.592. The highest BCUT2D eigenvalue weighted by Gasteiger charge is 2.03. The van der Waals surface area contributed by atoms with Crippen molar-refractivity contribution < 1.29 is 0 Å². The number of hydrogen-bond acceptors (Lipinski definition) is 2. The summed E-state index contributed by atoms with van der Waals surface area (Å²) in [5.74, 6) is 0. The van der Waals surface area contributed by atoms with Gasteiger partial charge >= 0.3 is 0 Å². The SMILES string of the molecule is CCN(CC)CCCC(C)NCc1ccc[nH]1. The Bertz CT molecular complexity index is 265. The van der Waals surface area contributed by atoms with Crippen LogP contribution in [-0.2, 0) is 6.54 Å². The molecule has 0 spiro atoms. The lowest BCUT2D eigenvalue weighted by atomic mass is 10.1. The van der Waals surface area contributed by atoms with E-state index >= 15 is 0 Å². The first-order valence-corrected chi connectivity index (χ1v) is 6.84. The van der Waals surface area contributed by atoms with Crippen LogP contribution in [0.5, 0.6) is 0 Å². The zero-order valence-electron chi connectivity index (χ0n) is 11.5. The van der Waals surface area contributed by atoms with Crippen molar-refractivity contribution in [2.75, 3.05) is 19.6 Å². The van der Waals surface area contributed by atoms with Crippen LogP contribution in [-0.4, -0.2) is 35.6 Å². The zero-order valence-corrected chi connectivity index (χ0v) is 11.5. The van der Waals surface area contributed by atoms with E-state index in [0.29, 0.717) is 6.04 Å². The van der Waals surface area contributed by atoms with Crippen LogP contribution in [0.2, 0.25) is 0 Å². The minimum absolute atomic E-state index is 0.592. The summed E-state index contributed by atoms with van der Waals surface area (Å²) < 4.78 is 0. The van der Waals surface area contributed by atoms with Crippen LogP contribution in [0.4, 0.5) is 0 Å². The molecule has 17 heavy (non-hydrogen) atoms. The van der Waals surface area contributed by atoms with Crippen molar-refractivity contribution in [1.29, 1.82) is 0 Å². The molecule has 3 nitrogen and oxygen atoms in total. The first-order chi connectivity index (χ1) is 8.26. The first kappa shape index (κ1) is 14.3. The Morgan fingerprint density at radius 2 is 2.12 bits per heavy atom. The number of aromatic amines is 1. The third-order valence-electron chi connectivity index (χ3n) is 3.31. The van der Waals surface area contributed by atoms with Gasteiger partial charge in [0.1, 0.15) is 0 Å². The quantitative estimate of drug-likeness (QED) is 0.692. The highest BCUT2D eigenvalue weighted by molar-refractivity contribution is 5.03. The van der Waals surface area contributed by atoms with Crippen molar-refractivity contribution in [1.82, 2.24) is 15.2 Å². The van der Waals surface area contributed by atoms with E-state index in [0.717, 1.165) is 6.54 Å². The van der Waals surface area contributed by atoms with Gasteiger partial charge in [-0.3, -0.25) is 0 Å². The highest BCUT2D eigenvalue weighted by atomic mass is 15.1. The Balaban J connectivity index is 2.06. The topological polar surface area (TPSA) is 31.1 Å². The van der Waals surface area contributed by atoms with Crippen LogP contribution in [0.15, 0.2) is 18.3 Å². The molecule has 0 saturated carbocycles. The first-order valence-electron chi connectivity index (χ1n) is 6.84. The summed E-state index contributed by atoms with van der Waals surface area (Å²) in [6, 6.07) is 4.76. The van der Waals surface area contributed by atoms with Crippen molar-refractivity contribution in [3.63, 3.8) is 0 Å². The van der Waals surface area contributed by atoms with Crippen molar-refractivity contribution in [3.05, 3.63) is 24.0 Å². The predicted molar refractivity (Wildman–Crippen MR) is 74.1 cm³/mol. The molecule has 1 atom stereocenters. The second kappa shape index (κ2) is 8.31. The maximum absolute atomic E-state index is 3.55. The summed E-state index contributed by atoms with van der Waals surface area (Å²) in [6.45, 7) is 11.2. The summed E-state index contributed by atoms with van der Waals surface area (Å²) in [5, 5.41) is 3.55. The monoisotopic (exact) mass is 237 g/mol. The number of nitrogens with zero attached hydrogens (tertiary/aromatic N) is 1. The Hall–Kier alpha value is -0.800. The molecule has 0 bridgehead atoms. The van der Waals surface area contributed by atoms with Gasteiger partial charge in [-0.25, -0.2) is 0 Å². The molecule has 1 aromatic heterocycles. The molecule has 0 aliphatic carbocycles. The molecule has 1 aromatic rings. The summed E-state index contributed by atoms with van der Waals surface area (Å²) in [6.07, 6.45) is 4.50. The Kier molecular flexibility index (Phi) is 6.97. The fraction of sp³-hybridized carbons (Fsp3) is 0.714. The van der Waals surface area contributed by atoms with Gasteiger partial charge in [0.25, 0.3) is 0 Å². The number of hydrogen-bond donors (Lipinski definition) is 2. The van der Waals surface area contributed by atoms with Gasteiger partial charge in [-0.2, -0.15) is 0 Å². The molecule has 3 heteroatoms. The van der Waals surface area contributed by atoms with Crippen molar-refractivity contribution in [2.24, 2.45) is 0 Å². The molecular formula is C14H27N3. The summed E-state index contributed by atoms with van der Waals surface area (Å²) in [5.41, 5.74) is 1.26. The second-order valence-corrected chi connectivity index (χ2v) is 4.65. The van der Waals surface area contributed by atoms with Gasteiger partial charge in [0.2, 0.25) is 0 Å². The van der Waals surface area contributed by atoms with E-state index in [1.165, 1.54) is 38.2 Å². The maximum atomic E-state index is 3.55. The molecule has 0 aliphatic heterocycles. The molecule has 0 amide bonds. The van der Waals surface area contributed by atoms with Crippen LogP contribution in [0.3, 0.4) is 0 Å². The smallest absolute Gasteiger partial charge is 0.0359 e. The van der Waals surface area contributed by atoms with E-state index in [9.17, 15) is 0 Å². The molecule has 0 radical (unpaired) electrons. The van der Waals surface area contributed by atoms with Gasteiger partial charge in [0.05, 0.1) is 0 Å². The third kappa shape index (κ3) is 5.89. The fourth-order valence-corrected chi connectivity index (χ4v) is 2.02. The lowest BCUT2D eigenvalue weighted by molar-refractivity contribution is 0.290. The number of aromatic nitrogens is 1. The fourth-order valence-electron chi connectivity index (χ4n) is 2.02. The molecule has 0 saturated heterocycles. The normalized spacial score (nSPS) is 13.2. The molecule has 1 unspecified atom stereocenters. The average molecular weight is 237 g/mol. The van der Waals surface area contributed by atoms with Crippen LogP contribution in [0.25, 0.3) is 0 Å². The van der Waals surface area contributed by atoms with Gasteiger partial charge < -0.3 is 15.2 Å². The Morgan fingerprint density at radius 1 is 1.35 bits per heavy atom. The molecule has 98 valence electrons. The van der Waals surface area contributed by atoms with Gasteiger partial charge in [-0.15, -0.1) is 0 Å². The zero-order chi connectivity index (χ0) is 12.5. The van der Waals surface area contributed by atoms with E-state index in [1.807, 2.05) is 12.3 Å². The molecular weight excluding hydrogens is 210 g/mol. The molecule has 0 aliphatic rings. The summed E-state index contributed by atoms with van der Waals surface area (Å²) >= 11 is 0. The van der Waals surface area contributed by atoms with Crippen LogP contribution >= 0.6 is 0 Å². The van der Waals surface area contributed by atoms with E-state index in [-0.39, 0.29) is 0 Å². The van der Waals surface area contributed by atoms with E-state index in [4.69, 9.17) is 0 Å². The van der Waals surface area contributed by atoms with Gasteiger partial charge in [-0.05, 0) is 51.5 Å². The molecule has 1 heterocycles. The summed E-state index contributed by atoms with van der Waals surface area (Å²) in [4.78, 5) is 5.70. The van der Waals surface area contributed by atoms with E-state index < -0.39 is 0 Å². The van der Waals surface area contributed by atoms with E-state index in [1.54, 1.807) is 0 Å². The number of nitrogens with one attached hydrogen (secondary N) is 2. The lowest BCUT2D eigenvalue weighted by Gasteiger charge is -2.19. The lowest BCUT2D eigenvalue weighted by Crippen LogP contribution is -2.28. The largest absolute Gasteiger partial charge is 0.364 e. The van der Waals surface area contributed by atoms with Gasteiger partial charge in [-0.1, -0.05) is 13.8 Å². The molecule has 0 fully saturated rings. The predicted octanol–water partition coefficient (Wildman–Crippen LogP) is 2.61. The second-order valence-electron chi connectivity index (χ2n) is 4.65.